The van der Waals surface area contributed by atoms with Gasteiger partial charge in [0.15, 0.2) is 0 Å². The number of nitrogens with zero attached hydrogens (tertiary/aromatic N) is 1. The highest BCUT2D eigenvalue weighted by Gasteiger charge is 2.22. The molecule has 0 unspecified atom stereocenters. The van der Waals surface area contributed by atoms with E-state index in [1.807, 2.05) is 12.1 Å². The second-order valence-electron chi connectivity index (χ2n) is 6.88. The van der Waals surface area contributed by atoms with Crippen LogP contribution < -0.4 is 4.18 Å². The van der Waals surface area contributed by atoms with Crippen LogP contribution in [0.4, 0.5) is 0 Å². The van der Waals surface area contributed by atoms with E-state index in [9.17, 15) is 8.42 Å². The number of aromatic amines is 1. The van der Waals surface area contributed by atoms with Crippen molar-refractivity contribution in [3.8, 4) is 5.75 Å². The molecule has 5 nitrogen and oxygen atoms in total. The van der Waals surface area contributed by atoms with Crippen LogP contribution >= 0.6 is 0 Å². The molecule has 0 spiro atoms. The van der Waals surface area contributed by atoms with Crippen LogP contribution in [0.5, 0.6) is 5.75 Å². The van der Waals surface area contributed by atoms with Gasteiger partial charge in [-0.1, -0.05) is 18.2 Å². The first kappa shape index (κ1) is 17.1. The monoisotopic (exact) mass is 370 g/mol. The molecule has 0 atom stereocenters. The second kappa shape index (κ2) is 6.78. The van der Waals surface area contributed by atoms with Crippen molar-refractivity contribution in [2.24, 2.45) is 0 Å². The highest BCUT2D eigenvalue weighted by atomic mass is 32.2. The minimum atomic E-state index is -3.83. The summed E-state index contributed by atoms with van der Waals surface area (Å²) < 4.78 is 30.3. The molecule has 2 aromatic carbocycles. The van der Waals surface area contributed by atoms with Gasteiger partial charge in [0.05, 0.1) is 0 Å². The number of fused-ring (bicyclic) bond motifs is 1. The van der Waals surface area contributed by atoms with Crippen molar-refractivity contribution in [1.82, 2.24) is 9.88 Å². The quantitative estimate of drug-likeness (QED) is 0.711. The molecule has 1 fully saturated rings. The third-order valence-electron chi connectivity index (χ3n) is 5.08. The largest absolute Gasteiger partial charge is 0.379 e. The van der Waals surface area contributed by atoms with Gasteiger partial charge in [-0.15, -0.1) is 0 Å². The molecule has 4 rings (SSSR count). The van der Waals surface area contributed by atoms with Gasteiger partial charge >= 0.3 is 10.1 Å². The Morgan fingerprint density at radius 1 is 1.08 bits per heavy atom. The number of likely N-dealkylation sites (tertiary alicyclic amines) is 1. The number of H-pyrrole nitrogens is 1. The number of hydrogen-bond donors (Lipinski definition) is 1. The van der Waals surface area contributed by atoms with Crippen molar-refractivity contribution in [1.29, 1.82) is 0 Å². The number of benzene rings is 2. The fraction of sp³-hybridized carbons (Fsp3) is 0.300. The summed E-state index contributed by atoms with van der Waals surface area (Å²) in [4.78, 5) is 5.80. The number of piperidine rings is 1. The Labute approximate surface area is 153 Å². The Balaban J connectivity index is 1.64. The van der Waals surface area contributed by atoms with E-state index >= 15 is 0 Å². The summed E-state index contributed by atoms with van der Waals surface area (Å²) in [5.41, 5.74) is 2.25. The molecule has 0 bridgehead atoms. The van der Waals surface area contributed by atoms with Gasteiger partial charge < -0.3 is 14.1 Å². The number of rotatable bonds is 4. The molecular weight excluding hydrogens is 348 g/mol. The first-order valence-corrected chi connectivity index (χ1v) is 10.2. The fourth-order valence-corrected chi connectivity index (χ4v) is 4.54. The number of hydrogen-bond acceptors (Lipinski definition) is 4. The Morgan fingerprint density at radius 2 is 1.81 bits per heavy atom. The lowest BCUT2D eigenvalue weighted by Crippen LogP contribution is -2.29. The highest BCUT2D eigenvalue weighted by molar-refractivity contribution is 7.87. The zero-order valence-corrected chi connectivity index (χ0v) is 15.5. The highest BCUT2D eigenvalue weighted by Crippen LogP contribution is 2.34. The summed E-state index contributed by atoms with van der Waals surface area (Å²) in [5.74, 6) is 0.830. The fourth-order valence-electron chi connectivity index (χ4n) is 3.59. The normalized spacial score (nSPS) is 16.8. The molecule has 136 valence electrons. The summed E-state index contributed by atoms with van der Waals surface area (Å²) >= 11 is 0. The zero-order valence-electron chi connectivity index (χ0n) is 14.7. The molecule has 0 saturated carbocycles. The van der Waals surface area contributed by atoms with Crippen LogP contribution in [0.15, 0.2) is 59.6 Å². The number of aromatic nitrogens is 1. The third kappa shape index (κ3) is 3.34. The van der Waals surface area contributed by atoms with E-state index in [0.29, 0.717) is 11.7 Å². The maximum Gasteiger partial charge on any atom is 0.339 e. The van der Waals surface area contributed by atoms with Gasteiger partial charge in [0.2, 0.25) is 0 Å². The van der Waals surface area contributed by atoms with E-state index in [2.05, 4.69) is 23.1 Å². The van der Waals surface area contributed by atoms with E-state index in [1.54, 1.807) is 24.3 Å². The Bertz CT molecular complexity index is 1000. The van der Waals surface area contributed by atoms with Crippen LogP contribution in [-0.2, 0) is 10.1 Å². The first-order chi connectivity index (χ1) is 12.5. The molecule has 1 aromatic heterocycles. The average Bonchev–Trinajstić information content (AvgIpc) is 3.06. The predicted octanol–water partition coefficient (Wildman–Crippen LogP) is 3.74. The zero-order chi connectivity index (χ0) is 18.1. The maximum absolute atomic E-state index is 12.5. The van der Waals surface area contributed by atoms with Crippen molar-refractivity contribution in [3.05, 3.63) is 60.3 Å². The minimum absolute atomic E-state index is 0.157. The molecule has 1 aliphatic rings. The summed E-state index contributed by atoms with van der Waals surface area (Å²) in [7, 11) is -1.68. The lowest BCUT2D eigenvalue weighted by molar-refractivity contribution is 0.256. The van der Waals surface area contributed by atoms with Crippen molar-refractivity contribution >= 4 is 21.0 Å². The van der Waals surface area contributed by atoms with Gasteiger partial charge in [0, 0.05) is 17.1 Å². The SMILES string of the molecule is CN1CCC(c2c[nH]c3ccc(OS(=O)(=O)c4ccccc4)cc23)CC1. The molecule has 1 N–H and O–H groups in total. The molecule has 2 heterocycles. The van der Waals surface area contributed by atoms with Crippen LogP contribution in [0.2, 0.25) is 0 Å². The Kier molecular flexibility index (Phi) is 4.46. The molecule has 1 saturated heterocycles. The smallest absolute Gasteiger partial charge is 0.339 e. The molecule has 1 aliphatic heterocycles. The van der Waals surface area contributed by atoms with E-state index in [4.69, 9.17) is 4.18 Å². The first-order valence-electron chi connectivity index (χ1n) is 8.82. The lowest BCUT2D eigenvalue weighted by Gasteiger charge is -2.28. The molecule has 3 aromatic rings. The van der Waals surface area contributed by atoms with E-state index in [0.717, 1.165) is 36.8 Å². The summed E-state index contributed by atoms with van der Waals surface area (Å²) in [6.45, 7) is 2.16. The van der Waals surface area contributed by atoms with Gasteiger partial charge in [-0.2, -0.15) is 8.42 Å². The Morgan fingerprint density at radius 3 is 2.54 bits per heavy atom. The molecule has 0 aliphatic carbocycles. The van der Waals surface area contributed by atoms with Gasteiger partial charge in [-0.3, -0.25) is 0 Å². The maximum atomic E-state index is 12.5. The standard InChI is InChI=1S/C20H22N2O3S/c1-22-11-9-15(10-12-22)19-14-21-20-8-7-16(13-18(19)20)25-26(23,24)17-5-3-2-4-6-17/h2-8,13-15,21H,9-12H2,1H3. The summed E-state index contributed by atoms with van der Waals surface area (Å²) in [6.07, 6.45) is 4.27. The average molecular weight is 370 g/mol. The van der Waals surface area contributed by atoms with Crippen molar-refractivity contribution < 1.29 is 12.6 Å². The topological polar surface area (TPSA) is 62.4 Å². The third-order valence-corrected chi connectivity index (χ3v) is 6.34. The molecule has 26 heavy (non-hydrogen) atoms. The van der Waals surface area contributed by atoms with E-state index in [-0.39, 0.29) is 4.90 Å². The van der Waals surface area contributed by atoms with Crippen LogP contribution in [0.25, 0.3) is 10.9 Å². The lowest BCUT2D eigenvalue weighted by atomic mass is 9.89. The van der Waals surface area contributed by atoms with Crippen LogP contribution in [0.1, 0.15) is 24.3 Å². The summed E-state index contributed by atoms with van der Waals surface area (Å²) in [6, 6.07) is 13.6. The van der Waals surface area contributed by atoms with Crippen LogP contribution in [0.3, 0.4) is 0 Å². The van der Waals surface area contributed by atoms with E-state index in [1.165, 1.54) is 17.7 Å². The summed E-state index contributed by atoms with van der Waals surface area (Å²) in [5, 5.41) is 1.04. The van der Waals surface area contributed by atoms with Crippen molar-refractivity contribution in [2.45, 2.75) is 23.7 Å². The van der Waals surface area contributed by atoms with Crippen molar-refractivity contribution in [3.63, 3.8) is 0 Å². The number of nitrogens with one attached hydrogen (secondary N) is 1. The van der Waals surface area contributed by atoms with E-state index < -0.39 is 10.1 Å². The Hall–Kier alpha value is -2.31. The van der Waals surface area contributed by atoms with Crippen LogP contribution in [0, 0.1) is 0 Å². The van der Waals surface area contributed by atoms with Crippen molar-refractivity contribution in [2.75, 3.05) is 20.1 Å². The molecule has 6 heteroatoms. The van der Waals surface area contributed by atoms with Gasteiger partial charge in [-0.05, 0) is 74.8 Å². The van der Waals surface area contributed by atoms with Gasteiger partial charge in [0.25, 0.3) is 0 Å². The second-order valence-corrected chi connectivity index (χ2v) is 8.43. The van der Waals surface area contributed by atoms with Gasteiger partial charge in [0.1, 0.15) is 10.6 Å². The van der Waals surface area contributed by atoms with Crippen LogP contribution in [-0.4, -0.2) is 38.4 Å². The molecule has 0 amide bonds. The minimum Gasteiger partial charge on any atom is -0.379 e. The van der Waals surface area contributed by atoms with Gasteiger partial charge in [-0.25, -0.2) is 0 Å². The predicted molar refractivity (Wildman–Crippen MR) is 102 cm³/mol. The molecular formula is C20H22N2O3S. The molecule has 0 radical (unpaired) electrons.